The van der Waals surface area contributed by atoms with Gasteiger partial charge >= 0.3 is 0 Å². The van der Waals surface area contributed by atoms with Gasteiger partial charge in [0.15, 0.2) is 5.89 Å². The zero-order valence-corrected chi connectivity index (χ0v) is 13.3. The smallest absolute Gasteiger partial charge is 0.225 e. The standard InChI is InChI=1S/C17H21N3O3/c1-22-10-7-17(21)20-9-6-15-14(12-20)19-16(23-15)5-4-13-3-2-8-18-11-13/h2-3,8,11H,4-7,9-10,12H2,1H3. The summed E-state index contributed by atoms with van der Waals surface area (Å²) in [5.41, 5.74) is 2.06. The molecule has 0 bridgehead atoms. The summed E-state index contributed by atoms with van der Waals surface area (Å²) in [6.45, 7) is 1.68. The highest BCUT2D eigenvalue weighted by Crippen LogP contribution is 2.21. The van der Waals surface area contributed by atoms with Gasteiger partial charge in [-0.2, -0.15) is 0 Å². The van der Waals surface area contributed by atoms with Gasteiger partial charge in [0.05, 0.1) is 19.6 Å². The summed E-state index contributed by atoms with van der Waals surface area (Å²) in [6, 6.07) is 3.98. The topological polar surface area (TPSA) is 68.5 Å². The summed E-state index contributed by atoms with van der Waals surface area (Å²) in [4.78, 5) is 22.6. The second-order valence-corrected chi connectivity index (χ2v) is 5.65. The number of amides is 1. The zero-order valence-electron chi connectivity index (χ0n) is 13.3. The number of hydrogen-bond acceptors (Lipinski definition) is 5. The lowest BCUT2D eigenvalue weighted by Gasteiger charge is -2.25. The Morgan fingerprint density at radius 3 is 3.13 bits per heavy atom. The Labute approximate surface area is 135 Å². The highest BCUT2D eigenvalue weighted by Gasteiger charge is 2.25. The van der Waals surface area contributed by atoms with Crippen molar-refractivity contribution in [1.82, 2.24) is 14.9 Å². The van der Waals surface area contributed by atoms with Gasteiger partial charge in [-0.1, -0.05) is 6.07 Å². The Hall–Kier alpha value is -2.21. The third-order valence-electron chi connectivity index (χ3n) is 4.00. The monoisotopic (exact) mass is 315 g/mol. The minimum atomic E-state index is 0.109. The van der Waals surface area contributed by atoms with Gasteiger partial charge in [0.1, 0.15) is 11.5 Å². The number of fused-ring (bicyclic) bond motifs is 1. The average molecular weight is 315 g/mol. The summed E-state index contributed by atoms with van der Waals surface area (Å²) in [5.74, 6) is 1.77. The summed E-state index contributed by atoms with van der Waals surface area (Å²) in [6.07, 6.45) is 6.37. The van der Waals surface area contributed by atoms with E-state index in [1.165, 1.54) is 5.56 Å². The van der Waals surface area contributed by atoms with Crippen LogP contribution in [0.4, 0.5) is 0 Å². The van der Waals surface area contributed by atoms with E-state index in [1.54, 1.807) is 13.3 Å². The molecule has 3 rings (SSSR count). The molecular formula is C17H21N3O3. The van der Waals surface area contributed by atoms with Crippen LogP contribution in [0, 0.1) is 0 Å². The number of methoxy groups -OCH3 is 1. The minimum Gasteiger partial charge on any atom is -0.445 e. The molecule has 6 nitrogen and oxygen atoms in total. The first-order valence-electron chi connectivity index (χ1n) is 7.89. The van der Waals surface area contributed by atoms with Crippen molar-refractivity contribution in [3.8, 4) is 0 Å². The molecule has 0 aliphatic carbocycles. The van der Waals surface area contributed by atoms with Crippen LogP contribution in [0.25, 0.3) is 0 Å². The fourth-order valence-corrected chi connectivity index (χ4v) is 2.72. The van der Waals surface area contributed by atoms with Gasteiger partial charge in [0.25, 0.3) is 0 Å². The zero-order chi connectivity index (χ0) is 16.1. The number of hydrogen-bond donors (Lipinski definition) is 0. The molecule has 3 heterocycles. The molecule has 2 aromatic heterocycles. The first kappa shape index (κ1) is 15.7. The van der Waals surface area contributed by atoms with E-state index >= 15 is 0 Å². The van der Waals surface area contributed by atoms with Crippen LogP contribution < -0.4 is 0 Å². The molecule has 1 amide bonds. The Morgan fingerprint density at radius 1 is 1.43 bits per heavy atom. The number of aromatic nitrogens is 2. The minimum absolute atomic E-state index is 0.109. The Bertz CT molecular complexity index is 654. The normalized spacial score (nSPS) is 13.9. The number of oxazole rings is 1. The lowest BCUT2D eigenvalue weighted by atomic mass is 10.1. The molecule has 0 radical (unpaired) electrons. The molecule has 6 heteroatoms. The van der Waals surface area contributed by atoms with Crippen LogP contribution in [0.5, 0.6) is 0 Å². The van der Waals surface area contributed by atoms with Gasteiger partial charge in [-0.05, 0) is 18.1 Å². The first-order valence-corrected chi connectivity index (χ1v) is 7.89. The number of carbonyl (C=O) groups excluding carboxylic acids is 1. The van der Waals surface area contributed by atoms with Gasteiger partial charge in [0.2, 0.25) is 5.91 Å². The van der Waals surface area contributed by atoms with Crippen LogP contribution in [-0.2, 0) is 35.3 Å². The third kappa shape index (κ3) is 3.96. The van der Waals surface area contributed by atoms with Crippen molar-refractivity contribution >= 4 is 5.91 Å². The number of rotatable bonds is 6. The van der Waals surface area contributed by atoms with Crippen LogP contribution >= 0.6 is 0 Å². The van der Waals surface area contributed by atoms with E-state index in [2.05, 4.69) is 9.97 Å². The van der Waals surface area contributed by atoms with Crippen LogP contribution in [0.2, 0.25) is 0 Å². The van der Waals surface area contributed by atoms with Gasteiger partial charge in [-0.15, -0.1) is 0 Å². The van der Waals surface area contributed by atoms with Crippen LogP contribution in [-0.4, -0.2) is 41.0 Å². The van der Waals surface area contributed by atoms with Crippen molar-refractivity contribution in [2.75, 3.05) is 20.3 Å². The van der Waals surface area contributed by atoms with Gasteiger partial charge in [0, 0.05) is 38.9 Å². The summed E-state index contributed by atoms with van der Waals surface area (Å²) in [7, 11) is 1.60. The van der Waals surface area contributed by atoms with Crippen LogP contribution in [0.3, 0.4) is 0 Å². The van der Waals surface area contributed by atoms with Crippen molar-refractivity contribution in [2.24, 2.45) is 0 Å². The predicted molar refractivity (Wildman–Crippen MR) is 83.8 cm³/mol. The molecule has 0 atom stereocenters. The number of ether oxygens (including phenoxy) is 1. The van der Waals surface area contributed by atoms with Gasteiger partial charge in [-0.3, -0.25) is 9.78 Å². The highest BCUT2D eigenvalue weighted by atomic mass is 16.5. The summed E-state index contributed by atoms with van der Waals surface area (Å²) >= 11 is 0. The van der Waals surface area contributed by atoms with E-state index in [1.807, 2.05) is 23.2 Å². The van der Waals surface area contributed by atoms with Crippen molar-refractivity contribution < 1.29 is 13.9 Å². The number of aryl methyl sites for hydroxylation is 2. The molecule has 0 unspecified atom stereocenters. The van der Waals surface area contributed by atoms with Crippen LogP contribution in [0.15, 0.2) is 28.9 Å². The predicted octanol–water partition coefficient (Wildman–Crippen LogP) is 1.78. The Morgan fingerprint density at radius 2 is 2.35 bits per heavy atom. The Kier molecular flexibility index (Phi) is 5.02. The molecule has 0 saturated carbocycles. The maximum absolute atomic E-state index is 12.1. The molecule has 1 aliphatic heterocycles. The van der Waals surface area contributed by atoms with E-state index in [-0.39, 0.29) is 5.91 Å². The largest absolute Gasteiger partial charge is 0.445 e. The molecular weight excluding hydrogens is 294 g/mol. The molecule has 0 N–H and O–H groups in total. The summed E-state index contributed by atoms with van der Waals surface area (Å²) in [5, 5.41) is 0. The molecule has 0 saturated heterocycles. The molecule has 0 spiro atoms. The van der Waals surface area contributed by atoms with E-state index in [0.29, 0.717) is 26.1 Å². The molecule has 23 heavy (non-hydrogen) atoms. The van der Waals surface area contributed by atoms with E-state index in [0.717, 1.165) is 36.6 Å². The number of nitrogens with zero attached hydrogens (tertiary/aromatic N) is 3. The second kappa shape index (κ2) is 7.37. The molecule has 2 aromatic rings. The van der Waals surface area contributed by atoms with E-state index in [4.69, 9.17) is 9.15 Å². The van der Waals surface area contributed by atoms with Crippen molar-refractivity contribution in [1.29, 1.82) is 0 Å². The Balaban J connectivity index is 1.59. The van der Waals surface area contributed by atoms with E-state index in [9.17, 15) is 4.79 Å². The molecule has 122 valence electrons. The highest BCUT2D eigenvalue weighted by molar-refractivity contribution is 5.76. The number of carbonyl (C=O) groups is 1. The molecule has 1 aliphatic rings. The molecule has 0 fully saturated rings. The van der Waals surface area contributed by atoms with Crippen molar-refractivity contribution in [3.05, 3.63) is 47.4 Å². The SMILES string of the molecule is COCCC(=O)N1CCc2oc(CCc3cccnc3)nc2C1. The lowest BCUT2D eigenvalue weighted by Crippen LogP contribution is -2.36. The van der Waals surface area contributed by atoms with Crippen LogP contribution in [0.1, 0.15) is 29.3 Å². The third-order valence-corrected chi connectivity index (χ3v) is 4.00. The first-order chi connectivity index (χ1) is 11.3. The van der Waals surface area contributed by atoms with Gasteiger partial charge in [-0.25, -0.2) is 4.98 Å². The fourth-order valence-electron chi connectivity index (χ4n) is 2.72. The van der Waals surface area contributed by atoms with E-state index < -0.39 is 0 Å². The van der Waals surface area contributed by atoms with Crippen molar-refractivity contribution in [2.45, 2.75) is 32.2 Å². The molecule has 0 aromatic carbocycles. The average Bonchev–Trinajstić information content (AvgIpc) is 3.00. The summed E-state index contributed by atoms with van der Waals surface area (Å²) < 4.78 is 10.8. The maximum Gasteiger partial charge on any atom is 0.225 e. The van der Waals surface area contributed by atoms with Gasteiger partial charge < -0.3 is 14.1 Å². The number of pyridine rings is 1. The van der Waals surface area contributed by atoms with Crippen molar-refractivity contribution in [3.63, 3.8) is 0 Å². The second-order valence-electron chi connectivity index (χ2n) is 5.65. The maximum atomic E-state index is 12.1. The fraction of sp³-hybridized carbons (Fsp3) is 0.471. The quantitative estimate of drug-likeness (QED) is 0.813. The lowest BCUT2D eigenvalue weighted by molar-refractivity contribution is -0.133.